The zero-order chi connectivity index (χ0) is 20.9. The molecule has 4 nitrogen and oxygen atoms in total. The molecule has 0 bridgehead atoms. The van der Waals surface area contributed by atoms with Crippen molar-refractivity contribution >= 4 is 9.84 Å². The summed E-state index contributed by atoms with van der Waals surface area (Å²) in [7, 11) is -1.96. The largest absolute Gasteiger partial charge is 0.497 e. The second-order valence-electron chi connectivity index (χ2n) is 6.97. The minimum atomic E-state index is -3.57. The Morgan fingerprint density at radius 1 is 0.828 bits per heavy atom. The summed E-state index contributed by atoms with van der Waals surface area (Å²) in [6.07, 6.45) is 2.71. The van der Waals surface area contributed by atoms with Crippen LogP contribution in [-0.2, 0) is 16.3 Å². The van der Waals surface area contributed by atoms with Gasteiger partial charge in [0.05, 0.1) is 16.9 Å². The van der Waals surface area contributed by atoms with Gasteiger partial charge in [-0.3, -0.25) is 0 Å². The molecule has 0 heterocycles. The van der Waals surface area contributed by atoms with E-state index in [9.17, 15) is 8.42 Å². The first-order chi connectivity index (χ1) is 13.9. The summed E-state index contributed by atoms with van der Waals surface area (Å²) in [5.74, 6) is 2.10. The summed E-state index contributed by atoms with van der Waals surface area (Å²) in [6.45, 7) is 4.04. The lowest BCUT2D eigenvalue weighted by molar-refractivity contribution is 0.412. The number of unbranched alkanes of at least 4 members (excludes halogenated alkanes) is 1. The van der Waals surface area contributed by atoms with Gasteiger partial charge in [0.25, 0.3) is 0 Å². The first-order valence-electron chi connectivity index (χ1n) is 9.70. The van der Waals surface area contributed by atoms with Crippen LogP contribution in [0.25, 0.3) is 0 Å². The number of hydrogen-bond acceptors (Lipinski definition) is 4. The van der Waals surface area contributed by atoms with Crippen LogP contribution < -0.4 is 9.47 Å². The molecule has 0 atom stereocenters. The maximum atomic E-state index is 13.1. The van der Waals surface area contributed by atoms with E-state index in [1.165, 1.54) is 0 Å². The van der Waals surface area contributed by atoms with Gasteiger partial charge in [0.15, 0.2) is 0 Å². The van der Waals surface area contributed by atoms with Crippen LogP contribution in [-0.4, -0.2) is 15.5 Å². The van der Waals surface area contributed by atoms with Crippen LogP contribution in [0.4, 0.5) is 0 Å². The highest BCUT2D eigenvalue weighted by Gasteiger charge is 2.19. The molecular weight excluding hydrogens is 384 g/mol. The van der Waals surface area contributed by atoms with Crippen LogP contribution in [0.5, 0.6) is 17.2 Å². The number of sulfone groups is 1. The van der Waals surface area contributed by atoms with Crippen LogP contribution >= 0.6 is 0 Å². The van der Waals surface area contributed by atoms with Crippen LogP contribution in [0.2, 0.25) is 0 Å². The molecule has 0 spiro atoms. The Kier molecular flexibility index (Phi) is 6.60. The predicted molar refractivity (Wildman–Crippen MR) is 115 cm³/mol. The smallest absolute Gasteiger partial charge is 0.206 e. The Balaban J connectivity index is 1.95. The summed E-state index contributed by atoms with van der Waals surface area (Å²) < 4.78 is 37.3. The van der Waals surface area contributed by atoms with Crippen molar-refractivity contribution in [2.75, 3.05) is 7.11 Å². The fraction of sp³-hybridized carbons (Fsp3) is 0.250. The summed E-state index contributed by atoms with van der Waals surface area (Å²) in [4.78, 5) is 0.586. The van der Waals surface area contributed by atoms with Crippen LogP contribution in [0.15, 0.2) is 76.5 Å². The van der Waals surface area contributed by atoms with E-state index in [2.05, 4.69) is 6.92 Å². The molecule has 0 aliphatic carbocycles. The maximum absolute atomic E-state index is 13.1. The van der Waals surface area contributed by atoms with Gasteiger partial charge in [0, 0.05) is 0 Å². The molecule has 0 radical (unpaired) electrons. The van der Waals surface area contributed by atoms with Gasteiger partial charge in [-0.2, -0.15) is 0 Å². The number of ether oxygens (including phenoxy) is 2. The normalized spacial score (nSPS) is 11.3. The molecule has 0 unspecified atom stereocenters. The number of benzene rings is 3. The van der Waals surface area contributed by atoms with Crippen LogP contribution in [0.3, 0.4) is 0 Å². The topological polar surface area (TPSA) is 52.6 Å². The third kappa shape index (κ3) is 4.98. The predicted octanol–water partition coefficient (Wildman–Crippen LogP) is 5.97. The average molecular weight is 411 g/mol. The summed E-state index contributed by atoms with van der Waals surface area (Å²) in [5, 5.41) is 0. The SMILES string of the molecule is CCCCc1cc(S(=O)(=O)c2ccc(C)cc2)ccc1Oc1ccc(OC)cc1. The molecule has 3 aromatic carbocycles. The van der Waals surface area contributed by atoms with Gasteiger partial charge >= 0.3 is 0 Å². The molecule has 0 saturated heterocycles. The Morgan fingerprint density at radius 3 is 2.07 bits per heavy atom. The standard InChI is InChI=1S/C24H26O4S/c1-4-5-6-19-17-23(29(25,26)22-13-7-18(2)8-14-22)15-16-24(19)28-21-11-9-20(27-3)10-12-21/h7-17H,4-6H2,1-3H3. The van der Waals surface area contributed by atoms with Crippen molar-refractivity contribution < 1.29 is 17.9 Å². The number of methoxy groups -OCH3 is 1. The van der Waals surface area contributed by atoms with Crippen molar-refractivity contribution in [2.24, 2.45) is 0 Å². The highest BCUT2D eigenvalue weighted by Crippen LogP contribution is 2.31. The molecule has 0 amide bonds. The van der Waals surface area contributed by atoms with Gasteiger partial charge in [-0.15, -0.1) is 0 Å². The van der Waals surface area contributed by atoms with Gasteiger partial charge in [-0.1, -0.05) is 31.0 Å². The lowest BCUT2D eigenvalue weighted by Crippen LogP contribution is -2.04. The fourth-order valence-corrected chi connectivity index (χ4v) is 4.32. The Bertz CT molecular complexity index is 1050. The number of aryl methyl sites for hydroxylation is 2. The van der Waals surface area contributed by atoms with E-state index in [0.717, 1.165) is 36.1 Å². The van der Waals surface area contributed by atoms with Gasteiger partial charge in [0.1, 0.15) is 17.2 Å². The van der Waals surface area contributed by atoms with E-state index < -0.39 is 9.84 Å². The fourth-order valence-electron chi connectivity index (χ4n) is 3.01. The molecule has 3 rings (SSSR count). The van der Waals surface area contributed by atoms with Crippen molar-refractivity contribution in [3.05, 3.63) is 77.9 Å². The third-order valence-electron chi connectivity index (χ3n) is 4.76. The monoisotopic (exact) mass is 410 g/mol. The maximum Gasteiger partial charge on any atom is 0.206 e. The third-order valence-corrected chi connectivity index (χ3v) is 6.53. The van der Waals surface area contributed by atoms with E-state index in [-0.39, 0.29) is 4.90 Å². The minimum absolute atomic E-state index is 0.287. The molecule has 0 saturated carbocycles. The molecule has 29 heavy (non-hydrogen) atoms. The molecule has 3 aromatic rings. The van der Waals surface area contributed by atoms with E-state index in [1.54, 1.807) is 37.4 Å². The highest BCUT2D eigenvalue weighted by molar-refractivity contribution is 7.91. The van der Waals surface area contributed by atoms with Gasteiger partial charge in [0.2, 0.25) is 9.84 Å². The zero-order valence-electron chi connectivity index (χ0n) is 17.0. The van der Waals surface area contributed by atoms with E-state index >= 15 is 0 Å². The molecule has 0 aliphatic heterocycles. The molecule has 5 heteroatoms. The molecule has 152 valence electrons. The van der Waals surface area contributed by atoms with Gasteiger partial charge < -0.3 is 9.47 Å². The Labute approximate surface area is 173 Å². The molecule has 0 N–H and O–H groups in total. The van der Waals surface area contributed by atoms with Crippen molar-refractivity contribution in [1.29, 1.82) is 0 Å². The van der Waals surface area contributed by atoms with Crippen molar-refractivity contribution in [3.63, 3.8) is 0 Å². The highest BCUT2D eigenvalue weighted by atomic mass is 32.2. The zero-order valence-corrected chi connectivity index (χ0v) is 17.8. The second-order valence-corrected chi connectivity index (χ2v) is 8.92. The molecule has 0 aliphatic rings. The quantitative estimate of drug-likeness (QED) is 0.459. The molecule has 0 aromatic heterocycles. The van der Waals surface area contributed by atoms with Gasteiger partial charge in [-0.25, -0.2) is 8.42 Å². The Morgan fingerprint density at radius 2 is 1.45 bits per heavy atom. The van der Waals surface area contributed by atoms with Crippen LogP contribution in [0.1, 0.15) is 30.9 Å². The Hall–Kier alpha value is -2.79. The second kappa shape index (κ2) is 9.14. The molecular formula is C24H26O4S. The number of hydrogen-bond donors (Lipinski definition) is 0. The lowest BCUT2D eigenvalue weighted by Gasteiger charge is -2.14. The average Bonchev–Trinajstić information content (AvgIpc) is 2.73. The summed E-state index contributed by atoms with van der Waals surface area (Å²) in [6, 6.07) is 19.4. The van der Waals surface area contributed by atoms with Crippen molar-refractivity contribution in [1.82, 2.24) is 0 Å². The van der Waals surface area contributed by atoms with E-state index in [1.807, 2.05) is 43.3 Å². The van der Waals surface area contributed by atoms with Crippen molar-refractivity contribution in [3.8, 4) is 17.2 Å². The van der Waals surface area contributed by atoms with Crippen molar-refractivity contribution in [2.45, 2.75) is 42.9 Å². The summed E-state index contributed by atoms with van der Waals surface area (Å²) in [5.41, 5.74) is 1.91. The van der Waals surface area contributed by atoms with E-state index in [0.29, 0.717) is 16.4 Å². The van der Waals surface area contributed by atoms with Crippen LogP contribution in [0, 0.1) is 6.92 Å². The first-order valence-corrected chi connectivity index (χ1v) is 11.2. The summed E-state index contributed by atoms with van der Waals surface area (Å²) >= 11 is 0. The van der Waals surface area contributed by atoms with Gasteiger partial charge in [-0.05, 0) is 79.9 Å². The number of rotatable bonds is 8. The minimum Gasteiger partial charge on any atom is -0.497 e. The molecule has 0 fully saturated rings. The van der Waals surface area contributed by atoms with E-state index in [4.69, 9.17) is 9.47 Å². The lowest BCUT2D eigenvalue weighted by atomic mass is 10.1. The first kappa shape index (κ1) is 20.9.